The van der Waals surface area contributed by atoms with Crippen molar-refractivity contribution in [2.75, 3.05) is 0 Å². The van der Waals surface area contributed by atoms with Crippen LogP contribution in [-0.2, 0) is 0 Å². The fraction of sp³-hybridized carbons (Fsp3) is 0.421. The Balaban J connectivity index is 2.01. The predicted molar refractivity (Wildman–Crippen MR) is 97.0 cm³/mol. The minimum Gasteiger partial charge on any atom is -0.356 e. The lowest BCUT2D eigenvalue weighted by atomic mass is 9.91. The Morgan fingerprint density at radius 3 is 2.58 bits per heavy atom. The lowest BCUT2D eigenvalue weighted by Gasteiger charge is -2.14. The van der Waals surface area contributed by atoms with Crippen LogP contribution >= 0.6 is 11.3 Å². The van der Waals surface area contributed by atoms with Gasteiger partial charge in [0.1, 0.15) is 11.1 Å². The van der Waals surface area contributed by atoms with Gasteiger partial charge in [0, 0.05) is 16.6 Å². The third kappa shape index (κ3) is 2.94. The summed E-state index contributed by atoms with van der Waals surface area (Å²) in [7, 11) is 0. The number of Topliss-reactive ketones (excluding diaryl/α,β-unsaturated/α-hetero) is 1. The molecule has 4 nitrogen and oxygen atoms in total. The van der Waals surface area contributed by atoms with Crippen LogP contribution in [0.3, 0.4) is 0 Å². The van der Waals surface area contributed by atoms with Crippen LogP contribution in [-0.4, -0.2) is 15.8 Å². The van der Waals surface area contributed by atoms with Crippen LogP contribution in [0.4, 0.5) is 0 Å². The van der Waals surface area contributed by atoms with Crippen LogP contribution in [0.1, 0.15) is 65.7 Å². The quantitative estimate of drug-likeness (QED) is 0.617. The number of nitrogens with one attached hydrogen (secondary N) is 1. The van der Waals surface area contributed by atoms with E-state index in [-0.39, 0.29) is 5.78 Å². The number of nitriles is 1. The van der Waals surface area contributed by atoms with E-state index in [9.17, 15) is 10.1 Å². The Labute approximate surface area is 146 Å². The standard InChI is InChI=1S/C19H21N3OS/c1-11-17(13(3)23)12(2)21-18(11)16-10-24-19(22-16)15(9-20)14-7-5-4-6-8-14/h10,21H,4-8H2,1-3H3. The smallest absolute Gasteiger partial charge is 0.161 e. The van der Waals surface area contributed by atoms with Crippen molar-refractivity contribution in [1.82, 2.24) is 9.97 Å². The second kappa shape index (κ2) is 6.74. The van der Waals surface area contributed by atoms with Crippen molar-refractivity contribution in [1.29, 1.82) is 5.26 Å². The van der Waals surface area contributed by atoms with Crippen LogP contribution in [0.5, 0.6) is 0 Å². The van der Waals surface area contributed by atoms with Gasteiger partial charge in [0.2, 0.25) is 0 Å². The number of carbonyl (C=O) groups is 1. The highest BCUT2D eigenvalue weighted by Crippen LogP contribution is 2.34. The summed E-state index contributed by atoms with van der Waals surface area (Å²) in [6, 6.07) is 2.37. The molecule has 0 spiro atoms. The molecule has 0 amide bonds. The summed E-state index contributed by atoms with van der Waals surface area (Å²) >= 11 is 1.51. The van der Waals surface area contributed by atoms with Gasteiger partial charge in [0.25, 0.3) is 0 Å². The van der Waals surface area contributed by atoms with Crippen molar-refractivity contribution in [2.24, 2.45) is 0 Å². The Morgan fingerprint density at radius 1 is 1.29 bits per heavy atom. The zero-order valence-corrected chi connectivity index (χ0v) is 15.1. The van der Waals surface area contributed by atoms with Gasteiger partial charge < -0.3 is 4.98 Å². The molecule has 0 bridgehead atoms. The average molecular weight is 339 g/mol. The van der Waals surface area contributed by atoms with Crippen molar-refractivity contribution in [3.63, 3.8) is 0 Å². The van der Waals surface area contributed by atoms with E-state index >= 15 is 0 Å². The molecule has 1 saturated carbocycles. The molecule has 2 aromatic rings. The highest BCUT2D eigenvalue weighted by Gasteiger charge is 2.20. The number of carbonyl (C=O) groups excluding carboxylic acids is 1. The average Bonchev–Trinajstić information content (AvgIpc) is 3.14. The molecule has 2 heterocycles. The molecule has 0 saturated heterocycles. The van der Waals surface area contributed by atoms with E-state index < -0.39 is 0 Å². The maximum absolute atomic E-state index is 11.8. The van der Waals surface area contributed by atoms with Gasteiger partial charge in [-0.05, 0) is 57.6 Å². The lowest BCUT2D eigenvalue weighted by Crippen LogP contribution is -1.97. The summed E-state index contributed by atoms with van der Waals surface area (Å²) in [5.41, 5.74) is 6.23. The fourth-order valence-electron chi connectivity index (χ4n) is 3.54. The van der Waals surface area contributed by atoms with Gasteiger partial charge in [-0.15, -0.1) is 11.3 Å². The maximum Gasteiger partial charge on any atom is 0.161 e. The monoisotopic (exact) mass is 339 g/mol. The first-order chi connectivity index (χ1) is 11.5. The predicted octanol–water partition coefficient (Wildman–Crippen LogP) is 5.20. The zero-order valence-electron chi connectivity index (χ0n) is 14.3. The Kier molecular flexibility index (Phi) is 4.68. The van der Waals surface area contributed by atoms with E-state index in [2.05, 4.69) is 11.1 Å². The Bertz CT molecular complexity index is 856. The van der Waals surface area contributed by atoms with Crippen molar-refractivity contribution in [3.8, 4) is 17.5 Å². The molecule has 24 heavy (non-hydrogen) atoms. The summed E-state index contributed by atoms with van der Waals surface area (Å²) < 4.78 is 0. The number of H-pyrrole nitrogens is 1. The van der Waals surface area contributed by atoms with Crippen molar-refractivity contribution < 1.29 is 4.79 Å². The Hall–Kier alpha value is -2.19. The largest absolute Gasteiger partial charge is 0.356 e. The third-order valence-corrected chi connectivity index (χ3v) is 5.55. The number of aromatic nitrogens is 2. The van der Waals surface area contributed by atoms with E-state index in [0.29, 0.717) is 0 Å². The van der Waals surface area contributed by atoms with Gasteiger partial charge in [-0.25, -0.2) is 4.98 Å². The number of aryl methyl sites for hydroxylation is 1. The minimum atomic E-state index is 0.0602. The highest BCUT2D eigenvalue weighted by atomic mass is 32.1. The van der Waals surface area contributed by atoms with Crippen LogP contribution in [0.2, 0.25) is 0 Å². The summed E-state index contributed by atoms with van der Waals surface area (Å²) in [6.07, 6.45) is 5.59. The van der Waals surface area contributed by atoms with Crippen molar-refractivity contribution in [3.05, 3.63) is 32.8 Å². The molecule has 5 heteroatoms. The lowest BCUT2D eigenvalue weighted by molar-refractivity contribution is 0.101. The maximum atomic E-state index is 11.8. The summed E-state index contributed by atoms with van der Waals surface area (Å²) in [5, 5.41) is 12.4. The molecular weight excluding hydrogens is 318 g/mol. The van der Waals surface area contributed by atoms with Gasteiger partial charge in [-0.1, -0.05) is 6.42 Å². The molecule has 3 rings (SSSR count). The van der Waals surface area contributed by atoms with Crippen molar-refractivity contribution in [2.45, 2.75) is 52.9 Å². The molecule has 0 aromatic carbocycles. The number of hydrogen-bond donors (Lipinski definition) is 1. The zero-order chi connectivity index (χ0) is 17.3. The number of allylic oxidation sites excluding steroid dienone is 2. The molecule has 1 aliphatic carbocycles. The van der Waals surface area contributed by atoms with Crippen LogP contribution in [0.25, 0.3) is 17.0 Å². The van der Waals surface area contributed by atoms with Gasteiger partial charge in [-0.2, -0.15) is 5.26 Å². The van der Waals surface area contributed by atoms with Crippen LogP contribution < -0.4 is 0 Å². The van der Waals surface area contributed by atoms with E-state index in [0.717, 1.165) is 64.5 Å². The van der Waals surface area contributed by atoms with Crippen LogP contribution in [0.15, 0.2) is 11.0 Å². The van der Waals surface area contributed by atoms with Gasteiger partial charge in [0.15, 0.2) is 5.78 Å². The molecule has 1 fully saturated rings. The number of thiazole rings is 1. The molecule has 0 radical (unpaired) electrons. The molecule has 0 atom stereocenters. The third-order valence-electron chi connectivity index (χ3n) is 4.69. The first-order valence-electron chi connectivity index (χ1n) is 8.31. The van der Waals surface area contributed by atoms with E-state index in [1.165, 1.54) is 23.3 Å². The first kappa shape index (κ1) is 16.7. The number of aromatic amines is 1. The normalized spacial score (nSPS) is 14.5. The topological polar surface area (TPSA) is 69.5 Å². The molecule has 0 unspecified atom stereocenters. The highest BCUT2D eigenvalue weighted by molar-refractivity contribution is 7.11. The van der Waals surface area contributed by atoms with E-state index in [1.54, 1.807) is 6.92 Å². The van der Waals surface area contributed by atoms with E-state index in [4.69, 9.17) is 4.98 Å². The summed E-state index contributed by atoms with van der Waals surface area (Å²) in [4.78, 5) is 19.8. The summed E-state index contributed by atoms with van der Waals surface area (Å²) in [5.74, 6) is 0.0602. The second-order valence-corrected chi connectivity index (χ2v) is 7.23. The van der Waals surface area contributed by atoms with Crippen molar-refractivity contribution >= 4 is 22.7 Å². The fourth-order valence-corrected chi connectivity index (χ4v) is 4.40. The van der Waals surface area contributed by atoms with Gasteiger partial charge >= 0.3 is 0 Å². The van der Waals surface area contributed by atoms with Crippen LogP contribution in [0, 0.1) is 25.2 Å². The summed E-state index contributed by atoms with van der Waals surface area (Å²) in [6.45, 7) is 5.44. The Morgan fingerprint density at radius 2 is 2.00 bits per heavy atom. The SMILES string of the molecule is CC(=O)c1c(C)[nH]c(-c2csc(C(C#N)=C3CCCCC3)n2)c1C. The molecule has 124 valence electrons. The molecule has 1 aliphatic rings. The van der Waals surface area contributed by atoms with Gasteiger partial charge in [-0.3, -0.25) is 4.79 Å². The number of hydrogen-bond acceptors (Lipinski definition) is 4. The number of ketones is 1. The second-order valence-electron chi connectivity index (χ2n) is 6.37. The number of nitrogens with zero attached hydrogens (tertiary/aromatic N) is 2. The van der Waals surface area contributed by atoms with Gasteiger partial charge in [0.05, 0.1) is 17.0 Å². The number of rotatable bonds is 3. The van der Waals surface area contributed by atoms with E-state index in [1.807, 2.05) is 19.2 Å². The molecule has 0 aliphatic heterocycles. The first-order valence-corrected chi connectivity index (χ1v) is 9.19. The molecule has 1 N–H and O–H groups in total. The minimum absolute atomic E-state index is 0.0602. The molecule has 2 aromatic heterocycles. The molecular formula is C19H21N3OS.